The Balaban J connectivity index is 1.35. The molecule has 1 aliphatic rings. The minimum atomic E-state index is -0.00227. The Morgan fingerprint density at radius 1 is 1.16 bits per heavy atom. The summed E-state index contributed by atoms with van der Waals surface area (Å²) in [7, 11) is 1.65. The lowest BCUT2D eigenvalue weighted by atomic mass is 9.98. The topological polar surface area (TPSA) is 93.4 Å². The average molecular weight is 418 g/mol. The summed E-state index contributed by atoms with van der Waals surface area (Å²) in [5, 5.41) is 3.04. The summed E-state index contributed by atoms with van der Waals surface area (Å²) in [4.78, 5) is 23.0. The van der Waals surface area contributed by atoms with Gasteiger partial charge in [0.05, 0.1) is 7.11 Å². The van der Waals surface area contributed by atoms with Crippen LogP contribution in [0.25, 0.3) is 0 Å². The molecular formula is C24H27N5O2. The van der Waals surface area contributed by atoms with Crippen molar-refractivity contribution in [3.05, 3.63) is 77.1 Å². The number of hydrogen-bond donors (Lipinski definition) is 2. The van der Waals surface area contributed by atoms with E-state index < -0.39 is 0 Å². The number of anilines is 2. The lowest BCUT2D eigenvalue weighted by Crippen LogP contribution is -2.30. The second kappa shape index (κ2) is 9.57. The van der Waals surface area contributed by atoms with E-state index in [-0.39, 0.29) is 5.91 Å². The van der Waals surface area contributed by atoms with Crippen molar-refractivity contribution in [3.8, 4) is 5.75 Å². The van der Waals surface area contributed by atoms with Crippen molar-refractivity contribution in [1.29, 1.82) is 0 Å². The molecule has 3 N–H and O–H groups in total. The van der Waals surface area contributed by atoms with Gasteiger partial charge in [-0.15, -0.1) is 0 Å². The van der Waals surface area contributed by atoms with Crippen LogP contribution in [0.1, 0.15) is 28.7 Å². The minimum Gasteiger partial charge on any atom is -0.496 e. The molecule has 1 aromatic heterocycles. The quantitative estimate of drug-likeness (QED) is 0.613. The van der Waals surface area contributed by atoms with E-state index >= 15 is 0 Å². The number of carbonyl (C=O) groups is 1. The summed E-state index contributed by atoms with van der Waals surface area (Å²) >= 11 is 0. The van der Waals surface area contributed by atoms with Crippen molar-refractivity contribution < 1.29 is 9.53 Å². The van der Waals surface area contributed by atoms with E-state index in [0.717, 1.165) is 48.6 Å². The van der Waals surface area contributed by atoms with Gasteiger partial charge in [0.25, 0.3) is 0 Å². The van der Waals surface area contributed by atoms with Gasteiger partial charge in [0.1, 0.15) is 5.75 Å². The molecule has 0 atom stereocenters. The molecule has 1 amide bonds. The predicted octanol–water partition coefficient (Wildman–Crippen LogP) is 3.20. The fourth-order valence-corrected chi connectivity index (χ4v) is 3.91. The maximum Gasteiger partial charge on any atom is 0.224 e. The Hall–Kier alpha value is -3.45. The van der Waals surface area contributed by atoms with E-state index in [9.17, 15) is 4.79 Å². The SMILES string of the molecule is COc1ccccc1CCC(=O)Nc1ccc2c(c1)CN(Cc1cnc(N)nc1)CC2. The Labute approximate surface area is 182 Å². The molecule has 31 heavy (non-hydrogen) atoms. The van der Waals surface area contributed by atoms with E-state index in [4.69, 9.17) is 10.5 Å². The lowest BCUT2D eigenvalue weighted by Gasteiger charge is -2.29. The van der Waals surface area contributed by atoms with Crippen molar-refractivity contribution in [1.82, 2.24) is 14.9 Å². The van der Waals surface area contributed by atoms with Crippen LogP contribution in [0.5, 0.6) is 5.75 Å². The van der Waals surface area contributed by atoms with Gasteiger partial charge >= 0.3 is 0 Å². The number of nitrogens with zero attached hydrogens (tertiary/aromatic N) is 3. The summed E-state index contributed by atoms with van der Waals surface area (Å²) in [6, 6.07) is 14.0. The Kier molecular flexibility index (Phi) is 6.43. The van der Waals surface area contributed by atoms with E-state index in [2.05, 4.69) is 32.3 Å². The third kappa shape index (κ3) is 5.38. The molecule has 4 rings (SSSR count). The van der Waals surface area contributed by atoms with Gasteiger partial charge in [-0.1, -0.05) is 24.3 Å². The maximum atomic E-state index is 12.5. The van der Waals surface area contributed by atoms with Crippen LogP contribution in [0.4, 0.5) is 11.6 Å². The molecule has 0 unspecified atom stereocenters. The highest BCUT2D eigenvalue weighted by Gasteiger charge is 2.17. The number of aromatic nitrogens is 2. The van der Waals surface area contributed by atoms with E-state index in [1.54, 1.807) is 19.5 Å². The molecule has 3 aromatic rings. The van der Waals surface area contributed by atoms with Gasteiger partial charge in [-0.25, -0.2) is 9.97 Å². The number of methoxy groups -OCH3 is 1. The predicted molar refractivity (Wildman–Crippen MR) is 121 cm³/mol. The van der Waals surface area contributed by atoms with Gasteiger partial charge in [-0.2, -0.15) is 0 Å². The number of rotatable bonds is 7. The van der Waals surface area contributed by atoms with Gasteiger partial charge in [-0.3, -0.25) is 9.69 Å². The first-order chi connectivity index (χ1) is 15.1. The van der Waals surface area contributed by atoms with Gasteiger partial charge in [0.2, 0.25) is 11.9 Å². The molecule has 2 heterocycles. The second-order valence-electron chi connectivity index (χ2n) is 7.75. The number of benzene rings is 2. The smallest absolute Gasteiger partial charge is 0.224 e. The zero-order chi connectivity index (χ0) is 21.6. The number of hydrogen-bond acceptors (Lipinski definition) is 6. The molecule has 0 saturated carbocycles. The summed E-state index contributed by atoms with van der Waals surface area (Å²) in [6.45, 7) is 2.57. The molecule has 7 nitrogen and oxygen atoms in total. The normalized spacial score (nSPS) is 13.5. The number of carbonyl (C=O) groups excluding carboxylic acids is 1. The Morgan fingerprint density at radius 3 is 2.77 bits per heavy atom. The number of nitrogen functional groups attached to an aromatic ring is 1. The second-order valence-corrected chi connectivity index (χ2v) is 7.75. The van der Waals surface area contributed by atoms with Gasteiger partial charge in [0, 0.05) is 49.7 Å². The Bertz CT molecular complexity index is 1050. The monoisotopic (exact) mass is 417 g/mol. The van der Waals surface area contributed by atoms with Crippen LogP contribution >= 0.6 is 0 Å². The standard InChI is InChI=1S/C24H27N5O2/c1-31-22-5-3-2-4-19(22)7-9-23(30)28-21-8-6-18-10-11-29(16-20(18)12-21)15-17-13-26-24(25)27-14-17/h2-6,8,12-14H,7,9-11,15-16H2,1H3,(H,28,30)(H2,25,26,27). The zero-order valence-corrected chi connectivity index (χ0v) is 17.7. The fourth-order valence-electron chi connectivity index (χ4n) is 3.91. The molecule has 2 aromatic carbocycles. The van der Waals surface area contributed by atoms with Crippen molar-refractivity contribution in [3.63, 3.8) is 0 Å². The van der Waals surface area contributed by atoms with Crippen LogP contribution < -0.4 is 15.8 Å². The van der Waals surface area contributed by atoms with Crippen LogP contribution in [0, 0.1) is 0 Å². The van der Waals surface area contributed by atoms with Crippen LogP contribution in [-0.4, -0.2) is 34.4 Å². The number of para-hydroxylation sites is 1. The molecule has 0 spiro atoms. The van der Waals surface area contributed by atoms with Crippen LogP contribution in [0.15, 0.2) is 54.9 Å². The fraction of sp³-hybridized carbons (Fsp3) is 0.292. The van der Waals surface area contributed by atoms with Gasteiger partial charge < -0.3 is 15.8 Å². The first-order valence-electron chi connectivity index (χ1n) is 10.4. The summed E-state index contributed by atoms with van der Waals surface area (Å²) < 4.78 is 5.37. The molecule has 0 saturated heterocycles. The molecule has 0 fully saturated rings. The van der Waals surface area contributed by atoms with Crippen LogP contribution in [-0.2, 0) is 30.7 Å². The number of aryl methyl sites for hydroxylation is 1. The summed E-state index contributed by atoms with van der Waals surface area (Å²) in [6.07, 6.45) is 5.57. The van der Waals surface area contributed by atoms with Crippen LogP contribution in [0.3, 0.4) is 0 Å². The highest BCUT2D eigenvalue weighted by molar-refractivity contribution is 5.91. The third-order valence-corrected chi connectivity index (χ3v) is 5.53. The van der Waals surface area contributed by atoms with Crippen molar-refractivity contribution in [2.75, 3.05) is 24.7 Å². The number of ether oxygens (including phenoxy) is 1. The molecule has 160 valence electrons. The van der Waals surface area contributed by atoms with Crippen molar-refractivity contribution in [2.45, 2.75) is 32.4 Å². The molecular weight excluding hydrogens is 390 g/mol. The molecule has 7 heteroatoms. The van der Waals surface area contributed by atoms with E-state index in [0.29, 0.717) is 18.8 Å². The molecule has 1 aliphatic heterocycles. The first-order valence-corrected chi connectivity index (χ1v) is 10.4. The van der Waals surface area contributed by atoms with Gasteiger partial charge in [0.15, 0.2) is 0 Å². The lowest BCUT2D eigenvalue weighted by molar-refractivity contribution is -0.116. The Morgan fingerprint density at radius 2 is 1.97 bits per heavy atom. The molecule has 0 aliphatic carbocycles. The zero-order valence-electron chi connectivity index (χ0n) is 17.7. The number of nitrogens with one attached hydrogen (secondary N) is 1. The number of fused-ring (bicyclic) bond motifs is 1. The third-order valence-electron chi connectivity index (χ3n) is 5.53. The highest BCUT2D eigenvalue weighted by Crippen LogP contribution is 2.24. The summed E-state index contributed by atoms with van der Waals surface area (Å²) in [5.41, 5.74) is 11.1. The largest absolute Gasteiger partial charge is 0.496 e. The van der Waals surface area contributed by atoms with Crippen LogP contribution in [0.2, 0.25) is 0 Å². The molecule has 0 bridgehead atoms. The average Bonchev–Trinajstić information content (AvgIpc) is 2.79. The van der Waals surface area contributed by atoms with E-state index in [1.807, 2.05) is 30.3 Å². The van der Waals surface area contributed by atoms with Crippen molar-refractivity contribution in [2.24, 2.45) is 0 Å². The first kappa shape index (κ1) is 20.8. The molecule has 0 radical (unpaired) electrons. The maximum absolute atomic E-state index is 12.5. The minimum absolute atomic E-state index is 0.00227. The van der Waals surface area contributed by atoms with Gasteiger partial charge in [-0.05, 0) is 47.7 Å². The van der Waals surface area contributed by atoms with E-state index in [1.165, 1.54) is 11.1 Å². The summed E-state index contributed by atoms with van der Waals surface area (Å²) in [5.74, 6) is 1.10. The number of nitrogens with two attached hydrogens (primary N) is 1. The highest BCUT2D eigenvalue weighted by atomic mass is 16.5. The number of amides is 1. The van der Waals surface area contributed by atoms with Crippen molar-refractivity contribution >= 4 is 17.5 Å².